The summed E-state index contributed by atoms with van der Waals surface area (Å²) in [5, 5.41) is 12.6. The van der Waals surface area contributed by atoms with Crippen molar-refractivity contribution >= 4 is 23.0 Å². The van der Waals surface area contributed by atoms with Gasteiger partial charge in [0, 0.05) is 45.0 Å². The maximum atomic E-state index is 12.2. The monoisotopic (exact) mass is 451 g/mol. The van der Waals surface area contributed by atoms with Crippen molar-refractivity contribution in [2.45, 2.75) is 38.1 Å². The Morgan fingerprint density at radius 3 is 2.61 bits per heavy atom. The molecule has 33 heavy (non-hydrogen) atoms. The second-order valence-electron chi connectivity index (χ2n) is 8.21. The van der Waals surface area contributed by atoms with Crippen molar-refractivity contribution in [3.05, 3.63) is 53.6 Å². The van der Waals surface area contributed by atoms with E-state index in [1.165, 1.54) is 0 Å². The van der Waals surface area contributed by atoms with E-state index in [1.54, 1.807) is 19.2 Å². The minimum Gasteiger partial charge on any atom is -0.466 e. The quantitative estimate of drug-likeness (QED) is 0.529. The number of ether oxygens (including phenoxy) is 3. The third-order valence-electron chi connectivity index (χ3n) is 5.99. The van der Waals surface area contributed by atoms with Crippen molar-refractivity contribution in [2.24, 2.45) is 0 Å². The fraction of sp³-hybridized carbons (Fsp3) is 0.462. The fourth-order valence-electron chi connectivity index (χ4n) is 4.16. The van der Waals surface area contributed by atoms with Gasteiger partial charge in [-0.15, -0.1) is 0 Å². The molecule has 7 nitrogen and oxygen atoms in total. The highest BCUT2D eigenvalue weighted by Gasteiger charge is 2.23. The number of nitrogens with zero attached hydrogens (tertiary/aromatic N) is 2. The van der Waals surface area contributed by atoms with Gasteiger partial charge in [0.05, 0.1) is 42.6 Å². The van der Waals surface area contributed by atoms with Gasteiger partial charge in [-0.05, 0) is 61.7 Å². The standard InChI is InChI=1S/C26H33N3O4/c1-4-33-26(30)16-21(18-31-3)20-7-10-25(29(2)23-11-13-32-14-12-23)24(15-20)28-22-8-5-19(17-27)6-9-22/h5-10,15,21,23,28H,4,11-14,16,18H2,1-3H3. The van der Waals surface area contributed by atoms with Crippen LogP contribution in [0.2, 0.25) is 0 Å². The summed E-state index contributed by atoms with van der Waals surface area (Å²) in [6.45, 7) is 4.12. The normalized spacial score (nSPS) is 14.8. The summed E-state index contributed by atoms with van der Waals surface area (Å²) in [4.78, 5) is 14.5. The molecule has 0 amide bonds. The Labute approximate surface area is 196 Å². The van der Waals surface area contributed by atoms with Crippen molar-refractivity contribution in [3.8, 4) is 6.07 Å². The molecule has 1 unspecified atom stereocenters. The number of benzene rings is 2. The van der Waals surface area contributed by atoms with Crippen LogP contribution in [0.5, 0.6) is 0 Å². The van der Waals surface area contributed by atoms with Crippen LogP contribution in [-0.2, 0) is 19.0 Å². The Balaban J connectivity index is 1.94. The summed E-state index contributed by atoms with van der Waals surface area (Å²) in [5.41, 5.74) is 4.52. The lowest BCUT2D eigenvalue weighted by atomic mass is 9.95. The van der Waals surface area contributed by atoms with Crippen LogP contribution in [0, 0.1) is 11.3 Å². The van der Waals surface area contributed by atoms with Crippen LogP contribution in [-0.4, -0.2) is 52.6 Å². The lowest BCUT2D eigenvalue weighted by Crippen LogP contribution is -2.37. The van der Waals surface area contributed by atoms with Gasteiger partial charge in [-0.2, -0.15) is 5.26 Å². The molecule has 0 spiro atoms. The molecule has 0 aliphatic carbocycles. The molecule has 1 atom stereocenters. The van der Waals surface area contributed by atoms with E-state index in [2.05, 4.69) is 41.5 Å². The number of carbonyl (C=O) groups excluding carboxylic acids is 1. The number of carbonyl (C=O) groups is 1. The number of hydrogen-bond donors (Lipinski definition) is 1. The molecule has 1 saturated heterocycles. The molecule has 0 radical (unpaired) electrons. The van der Waals surface area contributed by atoms with Gasteiger partial charge in [0.15, 0.2) is 0 Å². The molecule has 1 N–H and O–H groups in total. The first-order valence-corrected chi connectivity index (χ1v) is 11.4. The molecule has 1 heterocycles. The van der Waals surface area contributed by atoms with Gasteiger partial charge in [-0.25, -0.2) is 0 Å². The average molecular weight is 452 g/mol. The van der Waals surface area contributed by atoms with E-state index in [0.717, 1.165) is 48.7 Å². The summed E-state index contributed by atoms with van der Waals surface area (Å²) in [6.07, 6.45) is 2.21. The summed E-state index contributed by atoms with van der Waals surface area (Å²) in [7, 11) is 3.75. The number of hydrogen-bond acceptors (Lipinski definition) is 7. The zero-order chi connectivity index (χ0) is 23.6. The van der Waals surface area contributed by atoms with Crippen molar-refractivity contribution < 1.29 is 19.0 Å². The first kappa shape index (κ1) is 24.6. The Bertz CT molecular complexity index is 949. The van der Waals surface area contributed by atoms with Gasteiger partial charge < -0.3 is 24.4 Å². The van der Waals surface area contributed by atoms with Crippen LogP contribution in [0.4, 0.5) is 17.1 Å². The van der Waals surface area contributed by atoms with Gasteiger partial charge in [0.25, 0.3) is 0 Å². The fourth-order valence-corrected chi connectivity index (χ4v) is 4.16. The number of nitriles is 1. The molecular formula is C26H33N3O4. The summed E-state index contributed by atoms with van der Waals surface area (Å²) in [5.74, 6) is -0.345. The predicted octanol–water partition coefficient (Wildman–Crippen LogP) is 4.60. The number of anilines is 3. The van der Waals surface area contributed by atoms with Crippen LogP contribution in [0.3, 0.4) is 0 Å². The van der Waals surface area contributed by atoms with Crippen LogP contribution in [0.25, 0.3) is 0 Å². The Kier molecular flexibility index (Phi) is 9.11. The molecule has 7 heteroatoms. The molecule has 3 rings (SSSR count). The van der Waals surface area contributed by atoms with Gasteiger partial charge >= 0.3 is 5.97 Å². The average Bonchev–Trinajstić information content (AvgIpc) is 2.84. The summed E-state index contributed by atoms with van der Waals surface area (Å²) < 4.78 is 16.1. The zero-order valence-corrected chi connectivity index (χ0v) is 19.7. The predicted molar refractivity (Wildman–Crippen MR) is 129 cm³/mol. The van der Waals surface area contributed by atoms with Gasteiger partial charge in [0.1, 0.15) is 0 Å². The minimum absolute atomic E-state index is 0.113. The molecule has 2 aromatic rings. The molecule has 0 saturated carbocycles. The number of nitrogens with one attached hydrogen (secondary N) is 1. The van der Waals surface area contributed by atoms with Crippen molar-refractivity contribution in [2.75, 3.05) is 50.8 Å². The highest BCUT2D eigenvalue weighted by atomic mass is 16.5. The zero-order valence-electron chi connectivity index (χ0n) is 19.7. The molecule has 1 aliphatic heterocycles. The lowest BCUT2D eigenvalue weighted by Gasteiger charge is -2.34. The van der Waals surface area contributed by atoms with E-state index in [1.807, 2.05) is 19.1 Å². The maximum Gasteiger partial charge on any atom is 0.306 e. The molecule has 176 valence electrons. The number of esters is 1. The number of methoxy groups -OCH3 is 1. The Morgan fingerprint density at radius 2 is 1.97 bits per heavy atom. The third kappa shape index (κ3) is 6.70. The van der Waals surface area contributed by atoms with Crippen LogP contribution in [0.1, 0.15) is 43.2 Å². The van der Waals surface area contributed by atoms with Crippen LogP contribution < -0.4 is 10.2 Å². The van der Waals surface area contributed by atoms with E-state index < -0.39 is 0 Å². The highest BCUT2D eigenvalue weighted by Crippen LogP contribution is 2.35. The SMILES string of the molecule is CCOC(=O)CC(COC)c1ccc(N(C)C2CCOCC2)c(Nc2ccc(C#N)cc2)c1. The van der Waals surface area contributed by atoms with Gasteiger partial charge in [-0.1, -0.05) is 6.07 Å². The highest BCUT2D eigenvalue weighted by molar-refractivity contribution is 5.77. The van der Waals surface area contributed by atoms with E-state index in [4.69, 9.17) is 19.5 Å². The molecule has 1 fully saturated rings. The topological polar surface area (TPSA) is 83.8 Å². The molecule has 2 aromatic carbocycles. The third-order valence-corrected chi connectivity index (χ3v) is 5.99. The summed E-state index contributed by atoms with van der Waals surface area (Å²) in [6, 6.07) is 16.2. The second-order valence-corrected chi connectivity index (χ2v) is 8.21. The first-order valence-electron chi connectivity index (χ1n) is 11.4. The Hall–Kier alpha value is -3.08. The van der Waals surface area contributed by atoms with Crippen molar-refractivity contribution in [1.29, 1.82) is 5.26 Å². The molecule has 0 bridgehead atoms. The molecule has 1 aliphatic rings. The van der Waals surface area contributed by atoms with Crippen molar-refractivity contribution in [3.63, 3.8) is 0 Å². The Morgan fingerprint density at radius 1 is 1.24 bits per heavy atom. The van der Waals surface area contributed by atoms with E-state index in [9.17, 15) is 4.79 Å². The smallest absolute Gasteiger partial charge is 0.306 e. The summed E-state index contributed by atoms with van der Waals surface area (Å²) >= 11 is 0. The molecule has 0 aromatic heterocycles. The van der Waals surface area contributed by atoms with Crippen LogP contribution >= 0.6 is 0 Å². The largest absolute Gasteiger partial charge is 0.466 e. The van der Waals surface area contributed by atoms with E-state index in [0.29, 0.717) is 24.8 Å². The van der Waals surface area contributed by atoms with Gasteiger partial charge in [0.2, 0.25) is 0 Å². The van der Waals surface area contributed by atoms with E-state index in [-0.39, 0.29) is 18.3 Å². The first-order chi connectivity index (χ1) is 16.0. The minimum atomic E-state index is -0.232. The van der Waals surface area contributed by atoms with Crippen molar-refractivity contribution in [1.82, 2.24) is 0 Å². The van der Waals surface area contributed by atoms with Gasteiger partial charge in [-0.3, -0.25) is 4.79 Å². The number of rotatable bonds is 10. The second kappa shape index (κ2) is 12.2. The van der Waals surface area contributed by atoms with Crippen LogP contribution in [0.15, 0.2) is 42.5 Å². The lowest BCUT2D eigenvalue weighted by molar-refractivity contribution is -0.143. The maximum absolute atomic E-state index is 12.2. The van der Waals surface area contributed by atoms with E-state index >= 15 is 0 Å². The molecular weight excluding hydrogens is 418 g/mol.